The summed E-state index contributed by atoms with van der Waals surface area (Å²) in [6.07, 6.45) is -1.77. The van der Waals surface area contributed by atoms with Gasteiger partial charge in [0.15, 0.2) is 23.5 Å². The van der Waals surface area contributed by atoms with Gasteiger partial charge in [-0.05, 0) is 22.2 Å². The Bertz CT molecular complexity index is 1420. The molecule has 2 N–H and O–H groups in total. The van der Waals surface area contributed by atoms with Crippen LogP contribution < -0.4 is 10.9 Å². The van der Waals surface area contributed by atoms with Gasteiger partial charge in [0.05, 0.1) is 18.9 Å². The van der Waals surface area contributed by atoms with Gasteiger partial charge in [-0.15, -0.1) is 0 Å². The SMILES string of the molecule is CC(C)C(=O)Nc1nc2c(ncn2[C@@H]2O[C@@H]3CO[Si](C(C)C)(C(C)C)O[Si](C(C)C)(C(C)C)O[C@H]3[C@@H]2OC(=O)C(C)C)c(=O)[nH]1. The van der Waals surface area contributed by atoms with Crippen molar-refractivity contribution in [2.24, 2.45) is 11.8 Å². The second kappa shape index (κ2) is 13.4. The van der Waals surface area contributed by atoms with Crippen molar-refractivity contribution in [2.45, 2.75) is 130 Å². The number of esters is 1. The number of anilines is 1. The normalized spacial score (nSPS) is 24.9. The number of aromatic amines is 1. The predicted octanol–water partition coefficient (Wildman–Crippen LogP) is 5.14. The molecule has 2 aromatic rings. The highest BCUT2D eigenvalue weighted by Crippen LogP contribution is 2.49. The van der Waals surface area contributed by atoms with Gasteiger partial charge in [0, 0.05) is 5.92 Å². The molecule has 0 aliphatic carbocycles. The van der Waals surface area contributed by atoms with E-state index in [-0.39, 0.29) is 57.7 Å². The standard InChI is InChI=1S/C30H51N5O8Si2/c1-15(2)26(36)33-30-32-25-22(27(37)34-30)31-14-35(25)28-24(41-29(38)16(3)4)23-21(40-28)13-39-44(17(5)6,18(7)8)43-45(42-23,19(9)10)20(11)12/h14-21,23-24,28H,13H2,1-12H3,(H2,32,33,34,36,37)/t21-,23-,24+,28-/m1/s1. The average Bonchev–Trinajstić information content (AvgIpc) is 3.49. The Kier molecular flexibility index (Phi) is 10.5. The summed E-state index contributed by atoms with van der Waals surface area (Å²) in [5.74, 6) is -1.49. The summed E-state index contributed by atoms with van der Waals surface area (Å²) in [4.78, 5) is 50.0. The molecular weight excluding hydrogens is 615 g/mol. The van der Waals surface area contributed by atoms with Crippen LogP contribution in [0.3, 0.4) is 0 Å². The summed E-state index contributed by atoms with van der Waals surface area (Å²) in [5.41, 5.74) is 0.0743. The van der Waals surface area contributed by atoms with E-state index < -0.39 is 59.1 Å². The van der Waals surface area contributed by atoms with E-state index in [1.54, 1.807) is 32.3 Å². The largest absolute Gasteiger partial charge is 0.454 e. The molecule has 252 valence electrons. The summed E-state index contributed by atoms with van der Waals surface area (Å²) >= 11 is 0. The van der Waals surface area contributed by atoms with Gasteiger partial charge >= 0.3 is 23.1 Å². The molecule has 2 aliphatic rings. The van der Waals surface area contributed by atoms with Gasteiger partial charge in [0.25, 0.3) is 5.56 Å². The van der Waals surface area contributed by atoms with Gasteiger partial charge in [0.2, 0.25) is 11.9 Å². The fourth-order valence-electron chi connectivity index (χ4n) is 6.17. The van der Waals surface area contributed by atoms with Gasteiger partial charge < -0.3 is 22.4 Å². The molecule has 0 unspecified atom stereocenters. The monoisotopic (exact) mass is 665 g/mol. The van der Waals surface area contributed by atoms with Gasteiger partial charge in [-0.3, -0.25) is 29.3 Å². The summed E-state index contributed by atoms with van der Waals surface area (Å²) < 4.78 is 35.9. The second-order valence-corrected chi connectivity index (χ2v) is 22.9. The number of H-pyrrole nitrogens is 1. The van der Waals surface area contributed by atoms with Gasteiger partial charge in [0.1, 0.15) is 12.2 Å². The Morgan fingerprint density at radius 3 is 2.09 bits per heavy atom. The van der Waals surface area contributed by atoms with Crippen molar-refractivity contribution in [3.63, 3.8) is 0 Å². The van der Waals surface area contributed by atoms with E-state index in [1.807, 2.05) is 0 Å². The maximum absolute atomic E-state index is 13.2. The zero-order valence-corrected chi connectivity index (χ0v) is 30.7. The van der Waals surface area contributed by atoms with Crippen molar-refractivity contribution in [3.05, 3.63) is 16.7 Å². The van der Waals surface area contributed by atoms with E-state index in [0.717, 1.165) is 0 Å². The van der Waals surface area contributed by atoms with E-state index in [1.165, 1.54) is 6.33 Å². The quantitative estimate of drug-likeness (QED) is 0.272. The third kappa shape index (κ3) is 6.56. The number of carbonyl (C=O) groups excluding carboxylic acids is 2. The number of hydrogen-bond donors (Lipinski definition) is 2. The van der Waals surface area contributed by atoms with Crippen LogP contribution in [0.4, 0.5) is 5.95 Å². The van der Waals surface area contributed by atoms with Crippen LogP contribution in [0.2, 0.25) is 22.2 Å². The number of fused-ring (bicyclic) bond motifs is 2. The Labute approximate surface area is 267 Å². The fourth-order valence-corrected chi connectivity index (χ4v) is 17.4. The molecule has 15 heteroatoms. The number of nitrogens with one attached hydrogen (secondary N) is 2. The second-order valence-electron chi connectivity index (χ2n) is 14.1. The van der Waals surface area contributed by atoms with Gasteiger partial charge in [-0.1, -0.05) is 83.1 Å². The van der Waals surface area contributed by atoms with E-state index >= 15 is 0 Å². The Morgan fingerprint density at radius 2 is 1.56 bits per heavy atom. The molecule has 4 rings (SSSR count). The zero-order chi connectivity index (χ0) is 33.6. The van der Waals surface area contributed by atoms with Crippen LogP contribution in [0, 0.1) is 11.8 Å². The van der Waals surface area contributed by atoms with Gasteiger partial charge in [-0.25, -0.2) is 4.98 Å². The van der Waals surface area contributed by atoms with Crippen LogP contribution >= 0.6 is 0 Å². The molecule has 4 heterocycles. The van der Waals surface area contributed by atoms with Crippen LogP contribution in [-0.4, -0.2) is 73.4 Å². The maximum atomic E-state index is 13.2. The van der Waals surface area contributed by atoms with Crippen molar-refractivity contribution in [1.29, 1.82) is 0 Å². The van der Waals surface area contributed by atoms with Crippen molar-refractivity contribution < 1.29 is 32.0 Å². The number of nitrogens with zero attached hydrogens (tertiary/aromatic N) is 3. The molecule has 2 saturated heterocycles. The van der Waals surface area contributed by atoms with Crippen molar-refractivity contribution in [3.8, 4) is 0 Å². The lowest BCUT2D eigenvalue weighted by atomic mass is 10.1. The zero-order valence-electron chi connectivity index (χ0n) is 28.7. The number of hydrogen-bond acceptors (Lipinski definition) is 10. The van der Waals surface area contributed by atoms with Gasteiger partial charge in [-0.2, -0.15) is 4.98 Å². The molecule has 2 aromatic heterocycles. The number of amides is 1. The molecule has 0 saturated carbocycles. The predicted molar refractivity (Wildman–Crippen MR) is 174 cm³/mol. The van der Waals surface area contributed by atoms with E-state index in [2.05, 4.69) is 75.7 Å². The molecule has 0 radical (unpaired) electrons. The summed E-state index contributed by atoms with van der Waals surface area (Å²) in [6, 6.07) is 0. The number of carbonyl (C=O) groups is 2. The summed E-state index contributed by atoms with van der Waals surface area (Å²) in [5, 5.41) is 2.65. The van der Waals surface area contributed by atoms with E-state index in [4.69, 9.17) is 22.4 Å². The first-order valence-electron chi connectivity index (χ1n) is 16.1. The minimum Gasteiger partial charge on any atom is -0.454 e. The third-order valence-electron chi connectivity index (χ3n) is 8.81. The van der Waals surface area contributed by atoms with Crippen molar-refractivity contribution in [1.82, 2.24) is 19.5 Å². The molecule has 0 aromatic carbocycles. The first-order valence-corrected chi connectivity index (χ1v) is 20.0. The van der Waals surface area contributed by atoms with E-state index in [9.17, 15) is 14.4 Å². The Morgan fingerprint density at radius 1 is 0.956 bits per heavy atom. The first kappa shape index (κ1) is 35.4. The molecule has 4 atom stereocenters. The topological polar surface area (TPSA) is 156 Å². The molecular formula is C30H51N5O8Si2. The molecule has 0 bridgehead atoms. The van der Waals surface area contributed by atoms with Crippen LogP contribution in [0.15, 0.2) is 11.1 Å². The highest BCUT2D eigenvalue weighted by atomic mass is 28.5. The number of aromatic nitrogens is 4. The van der Waals surface area contributed by atoms with Crippen molar-refractivity contribution >= 4 is 46.1 Å². The van der Waals surface area contributed by atoms with E-state index in [0.29, 0.717) is 0 Å². The minimum atomic E-state index is -3.08. The maximum Gasteiger partial charge on any atom is 0.335 e. The Hall–Kier alpha value is -2.44. The molecule has 2 fully saturated rings. The number of rotatable bonds is 9. The smallest absolute Gasteiger partial charge is 0.335 e. The number of imidazole rings is 1. The minimum absolute atomic E-state index is 0.0173. The molecule has 1 amide bonds. The van der Waals surface area contributed by atoms with Crippen LogP contribution in [0.1, 0.15) is 89.3 Å². The first-order chi connectivity index (χ1) is 20.9. The summed E-state index contributed by atoms with van der Waals surface area (Å²) in [6.45, 7) is 24.3. The van der Waals surface area contributed by atoms with Crippen molar-refractivity contribution in [2.75, 3.05) is 11.9 Å². The number of ether oxygens (including phenoxy) is 2. The molecule has 13 nitrogen and oxygen atoms in total. The van der Waals surface area contributed by atoms with Crippen LogP contribution in [-0.2, 0) is 32.0 Å². The Balaban J connectivity index is 1.88. The fraction of sp³-hybridized carbons (Fsp3) is 0.767. The summed E-state index contributed by atoms with van der Waals surface area (Å²) in [7, 11) is -5.93. The lowest BCUT2D eigenvalue weighted by Gasteiger charge is -2.51. The third-order valence-corrected chi connectivity index (χ3v) is 19.1. The molecule has 45 heavy (non-hydrogen) atoms. The lowest BCUT2D eigenvalue weighted by Crippen LogP contribution is -2.66. The van der Waals surface area contributed by atoms with Crippen LogP contribution in [0.5, 0.6) is 0 Å². The van der Waals surface area contributed by atoms with Crippen LogP contribution in [0.25, 0.3) is 11.2 Å². The average molecular weight is 666 g/mol. The highest BCUT2D eigenvalue weighted by molar-refractivity contribution is 6.84. The highest BCUT2D eigenvalue weighted by Gasteiger charge is 2.62. The molecule has 0 spiro atoms. The lowest BCUT2D eigenvalue weighted by molar-refractivity contribution is -0.162. The molecule has 2 aliphatic heterocycles.